The lowest BCUT2D eigenvalue weighted by atomic mass is 10.1. The average Bonchev–Trinajstić information content (AvgIpc) is 3.11. The van der Waals surface area contributed by atoms with Crippen molar-refractivity contribution >= 4 is 35.0 Å². The minimum atomic E-state index is -0.434. The Hall–Kier alpha value is -4.28. The predicted molar refractivity (Wildman–Crippen MR) is 163 cm³/mol. The van der Waals surface area contributed by atoms with Crippen molar-refractivity contribution < 1.29 is 14.3 Å². The molecule has 41 heavy (non-hydrogen) atoms. The van der Waals surface area contributed by atoms with Crippen LogP contribution in [0.3, 0.4) is 0 Å². The first-order valence-corrected chi connectivity index (χ1v) is 14.0. The number of fused-ring (bicyclic) bond motifs is 2. The molecule has 2 N–H and O–H groups in total. The van der Waals surface area contributed by atoms with Crippen LogP contribution in [0.5, 0.6) is 5.75 Å². The summed E-state index contributed by atoms with van der Waals surface area (Å²) in [6.45, 7) is 4.87. The maximum Gasteiger partial charge on any atom is 0.256 e. The van der Waals surface area contributed by atoms with Gasteiger partial charge in [-0.25, -0.2) is 0 Å². The number of hydrogen-bond donors (Lipinski definition) is 2. The van der Waals surface area contributed by atoms with Crippen LogP contribution >= 0.6 is 11.8 Å². The molecule has 10 heteroatoms. The normalized spacial score (nSPS) is 13.9. The van der Waals surface area contributed by atoms with Gasteiger partial charge in [0.15, 0.2) is 0 Å². The van der Waals surface area contributed by atoms with Crippen molar-refractivity contribution in [1.29, 1.82) is 0 Å². The number of anilines is 1. The molecular weight excluding hydrogens is 538 g/mol. The number of rotatable bonds is 11. The molecule has 0 bridgehead atoms. The number of amides is 2. The lowest BCUT2D eigenvalue weighted by molar-refractivity contribution is 0.0955. The summed E-state index contributed by atoms with van der Waals surface area (Å²) in [7, 11) is 3.77. The molecule has 0 fully saturated rings. The number of nitrogens with zero attached hydrogens (tertiary/aromatic N) is 3. The van der Waals surface area contributed by atoms with Gasteiger partial charge >= 0.3 is 0 Å². The minimum absolute atomic E-state index is 0.192. The van der Waals surface area contributed by atoms with E-state index in [-0.39, 0.29) is 18.4 Å². The van der Waals surface area contributed by atoms with Crippen LogP contribution in [0.2, 0.25) is 0 Å². The van der Waals surface area contributed by atoms with E-state index in [9.17, 15) is 14.5 Å². The number of ether oxygens (including phenoxy) is 1. The minimum Gasteiger partial charge on any atom is -0.491 e. The van der Waals surface area contributed by atoms with E-state index in [1.54, 1.807) is 24.4 Å². The van der Waals surface area contributed by atoms with Gasteiger partial charge < -0.3 is 20.3 Å². The Morgan fingerprint density at radius 1 is 1.05 bits per heavy atom. The highest BCUT2D eigenvalue weighted by Gasteiger charge is 2.20. The van der Waals surface area contributed by atoms with Gasteiger partial charge in [0.1, 0.15) is 18.4 Å². The number of nitrogens with one attached hydrogen (secondary N) is 2. The monoisotopic (exact) mass is 571 g/mol. The SMILES string of the molecule is CC(=N/C=C(\C)CNC(=O)c1ccc2c(c1)NC(=O)c1ccccc1S2)c1ccc(OCC(CN(C)C)N=O)cc1. The van der Waals surface area contributed by atoms with Gasteiger partial charge in [0, 0.05) is 40.4 Å². The number of carbonyl (C=O) groups is 2. The highest BCUT2D eigenvalue weighted by Crippen LogP contribution is 2.39. The topological polar surface area (TPSA) is 112 Å². The van der Waals surface area contributed by atoms with Crippen molar-refractivity contribution in [2.24, 2.45) is 10.2 Å². The van der Waals surface area contributed by atoms with E-state index >= 15 is 0 Å². The third-order valence-corrected chi connectivity index (χ3v) is 7.44. The van der Waals surface area contributed by atoms with Crippen LogP contribution in [0, 0.1) is 4.91 Å². The maximum absolute atomic E-state index is 12.8. The first-order valence-electron chi connectivity index (χ1n) is 13.1. The van der Waals surface area contributed by atoms with E-state index in [1.807, 2.05) is 81.4 Å². The highest BCUT2D eigenvalue weighted by molar-refractivity contribution is 7.99. The van der Waals surface area contributed by atoms with Gasteiger partial charge in [0.25, 0.3) is 11.8 Å². The first-order chi connectivity index (χ1) is 19.7. The molecule has 1 aliphatic rings. The van der Waals surface area contributed by atoms with Crippen molar-refractivity contribution in [3.8, 4) is 5.75 Å². The van der Waals surface area contributed by atoms with Gasteiger partial charge in [0.2, 0.25) is 0 Å². The number of carbonyl (C=O) groups excluding carboxylic acids is 2. The number of aliphatic imine (C=N–C) groups is 1. The predicted octanol–water partition coefficient (Wildman–Crippen LogP) is 5.62. The molecule has 0 saturated carbocycles. The number of benzene rings is 3. The standard InChI is InChI=1S/C31H33N5O4S/c1-20(16-32-21(2)22-9-12-25(13-10-22)40-19-24(35-39)18-36(3)4)17-33-30(37)23-11-14-29-27(15-23)34-31(38)26-7-5-6-8-28(26)41-29/h5-16,24H,17-19H2,1-4H3,(H,33,37)(H,34,38)/b20-16+,32-21?. The zero-order valence-corrected chi connectivity index (χ0v) is 24.3. The fourth-order valence-electron chi connectivity index (χ4n) is 4.08. The number of hydrogen-bond acceptors (Lipinski definition) is 8. The fourth-order valence-corrected chi connectivity index (χ4v) is 5.09. The third-order valence-electron chi connectivity index (χ3n) is 6.29. The molecule has 0 aliphatic carbocycles. The van der Waals surface area contributed by atoms with E-state index < -0.39 is 6.04 Å². The molecule has 212 valence electrons. The van der Waals surface area contributed by atoms with Crippen molar-refractivity contribution in [2.75, 3.05) is 39.1 Å². The van der Waals surface area contributed by atoms with E-state index in [2.05, 4.69) is 20.8 Å². The lowest BCUT2D eigenvalue weighted by Gasteiger charge is -2.15. The second-order valence-corrected chi connectivity index (χ2v) is 11.1. The van der Waals surface area contributed by atoms with Crippen molar-refractivity contribution in [1.82, 2.24) is 10.2 Å². The van der Waals surface area contributed by atoms with Crippen LogP contribution in [0.15, 0.2) is 98.5 Å². The molecule has 0 radical (unpaired) electrons. The van der Waals surface area contributed by atoms with Gasteiger partial charge in [-0.05, 0) is 93.7 Å². The molecule has 1 atom stereocenters. The molecule has 9 nitrogen and oxygen atoms in total. The fraction of sp³-hybridized carbons (Fsp3) is 0.258. The van der Waals surface area contributed by atoms with Crippen molar-refractivity contribution in [2.45, 2.75) is 29.7 Å². The van der Waals surface area contributed by atoms with Crippen LogP contribution in [0.4, 0.5) is 5.69 Å². The van der Waals surface area contributed by atoms with Gasteiger partial charge in [0.05, 0.1) is 11.3 Å². The molecular formula is C31H33N5O4S. The Balaban J connectivity index is 1.31. The zero-order chi connectivity index (χ0) is 29.4. The second-order valence-electron chi connectivity index (χ2n) is 9.99. The summed E-state index contributed by atoms with van der Waals surface area (Å²) in [5.41, 5.74) is 4.29. The highest BCUT2D eigenvalue weighted by atomic mass is 32.2. The molecule has 1 unspecified atom stereocenters. The van der Waals surface area contributed by atoms with Crippen molar-refractivity contribution in [3.05, 3.63) is 100 Å². The molecule has 0 aromatic heterocycles. The summed E-state index contributed by atoms with van der Waals surface area (Å²) in [5, 5.41) is 8.95. The van der Waals surface area contributed by atoms with Crippen molar-refractivity contribution in [3.63, 3.8) is 0 Å². The summed E-state index contributed by atoms with van der Waals surface area (Å²) < 4.78 is 5.71. The maximum atomic E-state index is 12.8. The van der Waals surface area contributed by atoms with Gasteiger partial charge in [-0.2, -0.15) is 4.91 Å². The van der Waals surface area contributed by atoms with Crippen LogP contribution in [-0.2, 0) is 0 Å². The zero-order valence-electron chi connectivity index (χ0n) is 23.5. The van der Waals surface area contributed by atoms with Crippen LogP contribution in [-0.4, -0.2) is 62.3 Å². The third kappa shape index (κ3) is 8.12. The molecule has 4 rings (SSSR count). The molecule has 3 aromatic rings. The lowest BCUT2D eigenvalue weighted by Crippen LogP contribution is -2.29. The van der Waals surface area contributed by atoms with E-state index in [1.165, 1.54) is 11.8 Å². The number of nitroso groups, excluding NO2 is 1. The van der Waals surface area contributed by atoms with Crippen LogP contribution in [0.25, 0.3) is 0 Å². The van der Waals surface area contributed by atoms with E-state index in [0.717, 1.165) is 26.6 Å². The summed E-state index contributed by atoms with van der Waals surface area (Å²) in [6, 6.07) is 19.8. The molecule has 1 aliphatic heterocycles. The smallest absolute Gasteiger partial charge is 0.256 e. The van der Waals surface area contributed by atoms with Gasteiger partial charge in [-0.15, -0.1) is 0 Å². The quantitative estimate of drug-likeness (QED) is 0.228. The summed E-state index contributed by atoms with van der Waals surface area (Å²) in [6.07, 6.45) is 1.73. The molecule has 0 saturated heterocycles. The van der Waals surface area contributed by atoms with Crippen LogP contribution < -0.4 is 15.4 Å². The van der Waals surface area contributed by atoms with E-state index in [4.69, 9.17) is 4.74 Å². The van der Waals surface area contributed by atoms with E-state index in [0.29, 0.717) is 35.7 Å². The summed E-state index contributed by atoms with van der Waals surface area (Å²) in [5.74, 6) is 0.224. The largest absolute Gasteiger partial charge is 0.491 e. The Kier molecular flexibility index (Phi) is 10.0. The summed E-state index contributed by atoms with van der Waals surface area (Å²) in [4.78, 5) is 44.7. The Labute approximate surface area is 244 Å². The molecule has 0 spiro atoms. The number of likely N-dealkylation sites (N-methyl/N-ethyl adjacent to an activating group) is 1. The Bertz CT molecular complexity index is 1480. The molecule has 3 aromatic carbocycles. The van der Waals surface area contributed by atoms with Crippen LogP contribution in [0.1, 0.15) is 40.1 Å². The Morgan fingerprint density at radius 3 is 2.51 bits per heavy atom. The van der Waals surface area contributed by atoms with Gasteiger partial charge in [-0.3, -0.25) is 14.6 Å². The average molecular weight is 572 g/mol. The first kappa shape index (κ1) is 29.7. The molecule has 1 heterocycles. The summed E-state index contributed by atoms with van der Waals surface area (Å²) >= 11 is 1.50. The van der Waals surface area contributed by atoms with Gasteiger partial charge in [-0.1, -0.05) is 29.1 Å². The molecule has 2 amide bonds. The Morgan fingerprint density at radius 2 is 1.78 bits per heavy atom. The second kappa shape index (κ2) is 13.9.